The van der Waals surface area contributed by atoms with Crippen LogP contribution in [-0.4, -0.2) is 36.8 Å². The first kappa shape index (κ1) is 35.3. The molecule has 2 N–H and O–H groups in total. The molecule has 0 saturated carbocycles. The van der Waals surface area contributed by atoms with Crippen molar-refractivity contribution in [1.29, 1.82) is 0 Å². The number of hydrogen-bond donors (Lipinski definition) is 2. The highest BCUT2D eigenvalue weighted by Crippen LogP contribution is 2.37. The summed E-state index contributed by atoms with van der Waals surface area (Å²) in [5.74, 6) is 0.349. The average Bonchev–Trinajstić information content (AvgIpc) is 3.03. The van der Waals surface area contributed by atoms with Crippen molar-refractivity contribution in [3.63, 3.8) is 0 Å². The summed E-state index contributed by atoms with van der Waals surface area (Å²) >= 11 is 19.2. The molecule has 2 atom stereocenters. The molecule has 0 aliphatic carbocycles. The Morgan fingerprint density at radius 1 is 0.891 bits per heavy atom. The van der Waals surface area contributed by atoms with Crippen LogP contribution in [0.2, 0.25) is 10.0 Å². The maximum absolute atomic E-state index is 13.3. The van der Waals surface area contributed by atoms with E-state index in [0.717, 1.165) is 15.6 Å². The zero-order chi connectivity index (χ0) is 33.1. The van der Waals surface area contributed by atoms with Crippen molar-refractivity contribution in [2.75, 3.05) is 6.61 Å². The molecule has 46 heavy (non-hydrogen) atoms. The molecule has 0 fully saturated rings. The predicted molar refractivity (Wildman–Crippen MR) is 188 cm³/mol. The van der Waals surface area contributed by atoms with E-state index in [0.29, 0.717) is 45.5 Å². The lowest BCUT2D eigenvalue weighted by Crippen LogP contribution is -2.50. The van der Waals surface area contributed by atoms with Crippen molar-refractivity contribution in [3.8, 4) is 17.2 Å². The van der Waals surface area contributed by atoms with E-state index < -0.39 is 24.0 Å². The summed E-state index contributed by atoms with van der Waals surface area (Å²) in [6.45, 7) is 4.21. The fourth-order valence-electron chi connectivity index (χ4n) is 4.21. The smallest absolute Gasteiger partial charge is 0.262 e. The van der Waals surface area contributed by atoms with Gasteiger partial charge in [0.25, 0.3) is 11.8 Å². The van der Waals surface area contributed by atoms with Gasteiger partial charge >= 0.3 is 0 Å². The molecular formula is C34H31Br2Cl2N3O5. The molecule has 4 aromatic rings. The molecular weight excluding hydrogens is 761 g/mol. The van der Waals surface area contributed by atoms with E-state index in [1.807, 2.05) is 61.5 Å². The number of nitrogens with zero attached hydrogens (tertiary/aromatic N) is 1. The molecule has 0 bridgehead atoms. The van der Waals surface area contributed by atoms with E-state index in [9.17, 15) is 9.59 Å². The fraction of sp³-hybridized carbons (Fsp3) is 0.206. The van der Waals surface area contributed by atoms with Crippen LogP contribution in [0.5, 0.6) is 17.2 Å². The summed E-state index contributed by atoms with van der Waals surface area (Å²) in [6, 6.07) is 24.5. The van der Waals surface area contributed by atoms with Crippen LogP contribution in [0.1, 0.15) is 30.5 Å². The van der Waals surface area contributed by atoms with Gasteiger partial charge in [-0.05, 0) is 88.9 Å². The molecule has 0 heterocycles. The van der Waals surface area contributed by atoms with E-state index in [1.54, 1.807) is 31.2 Å². The first-order valence-electron chi connectivity index (χ1n) is 14.3. The lowest BCUT2D eigenvalue weighted by Gasteiger charge is -2.21. The molecule has 240 valence electrons. The summed E-state index contributed by atoms with van der Waals surface area (Å²) < 4.78 is 19.3. The van der Waals surface area contributed by atoms with Gasteiger partial charge in [-0.25, -0.2) is 5.43 Å². The molecule has 2 amide bonds. The van der Waals surface area contributed by atoms with Crippen LogP contribution in [0, 0.1) is 0 Å². The second-order valence-corrected chi connectivity index (χ2v) is 12.6. The van der Waals surface area contributed by atoms with Gasteiger partial charge in [-0.2, -0.15) is 5.10 Å². The molecule has 4 aromatic carbocycles. The predicted octanol–water partition coefficient (Wildman–Crippen LogP) is 8.14. The first-order chi connectivity index (χ1) is 22.1. The highest BCUT2D eigenvalue weighted by atomic mass is 79.9. The highest BCUT2D eigenvalue weighted by molar-refractivity contribution is 9.10. The average molecular weight is 792 g/mol. The largest absolute Gasteiger partial charge is 0.490 e. The molecule has 4 rings (SSSR count). The van der Waals surface area contributed by atoms with Crippen LogP contribution >= 0.6 is 55.1 Å². The van der Waals surface area contributed by atoms with E-state index in [2.05, 4.69) is 47.7 Å². The van der Waals surface area contributed by atoms with E-state index in [-0.39, 0.29) is 11.4 Å². The fourth-order valence-corrected chi connectivity index (χ4v) is 5.50. The number of nitrogens with one attached hydrogen (secondary N) is 2. The summed E-state index contributed by atoms with van der Waals surface area (Å²) in [5.41, 5.74) is 5.05. The summed E-state index contributed by atoms with van der Waals surface area (Å²) in [6.07, 6.45) is 0.763. The number of halogens is 4. The Labute approximate surface area is 294 Å². The Morgan fingerprint density at radius 2 is 1.63 bits per heavy atom. The minimum Gasteiger partial charge on any atom is -0.490 e. The molecule has 0 spiro atoms. The third kappa shape index (κ3) is 10.5. The second-order valence-electron chi connectivity index (χ2n) is 10.00. The van der Waals surface area contributed by atoms with Crippen LogP contribution in [-0.2, 0) is 22.6 Å². The second kappa shape index (κ2) is 17.4. The molecule has 0 radical (unpaired) electrons. The van der Waals surface area contributed by atoms with Crippen molar-refractivity contribution in [2.24, 2.45) is 5.10 Å². The third-order valence-corrected chi connectivity index (χ3v) is 8.15. The van der Waals surface area contributed by atoms with Gasteiger partial charge in [0.1, 0.15) is 18.4 Å². The van der Waals surface area contributed by atoms with Crippen molar-refractivity contribution in [3.05, 3.63) is 121 Å². The number of carbonyl (C=O) groups excluding carboxylic acids is 2. The monoisotopic (exact) mass is 789 g/mol. The summed E-state index contributed by atoms with van der Waals surface area (Å²) in [5, 5.41) is 7.64. The topological polar surface area (TPSA) is 98.2 Å². The van der Waals surface area contributed by atoms with Gasteiger partial charge in [0, 0.05) is 15.9 Å². The maximum Gasteiger partial charge on any atom is 0.262 e. The Kier molecular flexibility index (Phi) is 13.3. The van der Waals surface area contributed by atoms with E-state index in [4.69, 9.17) is 37.4 Å². The van der Waals surface area contributed by atoms with Crippen LogP contribution in [0.3, 0.4) is 0 Å². The Morgan fingerprint density at radius 3 is 2.33 bits per heavy atom. The van der Waals surface area contributed by atoms with E-state index in [1.165, 1.54) is 12.3 Å². The summed E-state index contributed by atoms with van der Waals surface area (Å²) in [4.78, 5) is 26.4. The molecule has 0 aromatic heterocycles. The van der Waals surface area contributed by atoms with E-state index >= 15 is 0 Å². The van der Waals surface area contributed by atoms with Crippen LogP contribution < -0.4 is 25.0 Å². The number of benzene rings is 4. The zero-order valence-corrected chi connectivity index (χ0v) is 29.6. The van der Waals surface area contributed by atoms with Crippen molar-refractivity contribution in [1.82, 2.24) is 10.7 Å². The quantitative estimate of drug-likeness (QED) is 0.0994. The Bertz CT molecular complexity index is 1670. The number of hydrogen-bond acceptors (Lipinski definition) is 6. The van der Waals surface area contributed by atoms with Crippen LogP contribution in [0.4, 0.5) is 0 Å². The number of rotatable bonds is 14. The normalized spacial score (nSPS) is 12.3. The third-order valence-electron chi connectivity index (χ3n) is 6.50. The standard InChI is InChI=1S/C34H31Br2Cl2N3O5/c1-3-44-31-17-24(15-27(36)32(31)45-20-23-9-11-25(35)12-10-23)19-39-41-34(43)29(16-22-7-5-4-6-8-22)40-33(42)21(2)46-30-14-13-26(37)18-28(30)38/h4-15,17-19,21,29H,3,16,20H2,1-2H3,(H,40,42)(H,41,43)/b39-19-/t21-,29+/m1/s1. The Hall–Kier alpha value is -3.57. The lowest BCUT2D eigenvalue weighted by atomic mass is 10.1. The number of ether oxygens (including phenoxy) is 3. The van der Waals surface area contributed by atoms with Gasteiger partial charge in [-0.3, -0.25) is 9.59 Å². The number of hydrazone groups is 1. The van der Waals surface area contributed by atoms with Gasteiger partial charge in [0.05, 0.1) is 22.3 Å². The minimum absolute atomic E-state index is 0.229. The molecule has 12 heteroatoms. The van der Waals surface area contributed by atoms with Gasteiger partial charge in [-0.1, -0.05) is 81.6 Å². The minimum atomic E-state index is -0.952. The van der Waals surface area contributed by atoms with Gasteiger partial charge in [-0.15, -0.1) is 0 Å². The number of amides is 2. The molecule has 0 aliphatic rings. The van der Waals surface area contributed by atoms with Crippen molar-refractivity contribution >= 4 is 73.1 Å². The molecule has 0 saturated heterocycles. The molecule has 0 unspecified atom stereocenters. The van der Waals surface area contributed by atoms with Crippen molar-refractivity contribution < 1.29 is 23.8 Å². The van der Waals surface area contributed by atoms with Crippen LogP contribution in [0.15, 0.2) is 99.0 Å². The summed E-state index contributed by atoms with van der Waals surface area (Å²) in [7, 11) is 0. The van der Waals surface area contributed by atoms with Gasteiger partial charge in [0.15, 0.2) is 17.6 Å². The van der Waals surface area contributed by atoms with Crippen molar-refractivity contribution in [2.45, 2.75) is 39.0 Å². The zero-order valence-electron chi connectivity index (χ0n) is 24.9. The lowest BCUT2D eigenvalue weighted by molar-refractivity contribution is -0.132. The van der Waals surface area contributed by atoms with Gasteiger partial charge < -0.3 is 19.5 Å². The van der Waals surface area contributed by atoms with Gasteiger partial charge in [0.2, 0.25) is 0 Å². The number of carbonyl (C=O) groups is 2. The first-order valence-corrected chi connectivity index (χ1v) is 16.6. The molecule has 8 nitrogen and oxygen atoms in total. The Balaban J connectivity index is 1.44. The highest BCUT2D eigenvalue weighted by Gasteiger charge is 2.25. The SMILES string of the molecule is CCOc1cc(/C=N\NC(=O)[C@H](Cc2ccccc2)NC(=O)[C@@H](C)Oc2ccc(Cl)cc2Cl)cc(Br)c1OCc1ccc(Br)cc1. The van der Waals surface area contributed by atoms with Crippen LogP contribution in [0.25, 0.3) is 0 Å². The maximum atomic E-state index is 13.3. The molecule has 0 aliphatic heterocycles.